The molecule has 10 amide bonds. The number of rotatable bonds is 44. The van der Waals surface area contributed by atoms with Crippen molar-refractivity contribution < 1.29 is 97.8 Å². The number of carbonyl (C=O) groups is 14. The highest BCUT2D eigenvalue weighted by atomic mass is 16.4. The van der Waals surface area contributed by atoms with Gasteiger partial charge in [0.15, 0.2) is 11.2 Å². The van der Waals surface area contributed by atoms with Gasteiger partial charge in [-0.05, 0) is 86.8 Å². The third-order valence-electron chi connectivity index (χ3n) is 14.2. The van der Waals surface area contributed by atoms with Crippen molar-refractivity contribution in [1.29, 1.82) is 0 Å². The third-order valence-corrected chi connectivity index (χ3v) is 14.2. The highest BCUT2D eigenvalue weighted by Gasteiger charge is 2.32. The average Bonchev–Trinajstić information content (AvgIpc) is 0.818. The molecule has 2 aromatic carbocycles. The number of carboxylic acids is 6. The number of unbranched alkanes of at least 4 members (excludes halogenated alkanes) is 2. The Morgan fingerprint density at radius 1 is 0.561 bits per heavy atom. The van der Waals surface area contributed by atoms with E-state index in [0.717, 1.165) is 0 Å². The van der Waals surface area contributed by atoms with Crippen LogP contribution >= 0.6 is 0 Å². The SMILES string of the molecule is C#CC[C@@H](CN[C@@H](CCCCNC(=O)CC[C@H](NC(=O)c1ccc(NCc2cnc3[nH]c(N)nc(=O)c3n2)cc1)C(=O)O)C(N)=O)NC(=O)[C@H](CC(=O)O)NC(=O)[C@H](CC(=O)O)NC(=O)Cc1ccc(CNC(=O)NCCCC[C@H](NC(=O)N[C@@H](CCC(=O)O)C(=O)O)C(=O)O)cc1. The molecule has 4 aromatic rings. The summed E-state index contributed by atoms with van der Waals surface area (Å²) in [6.07, 6.45) is 3.95. The number of hydrogen-bond donors (Lipinski definition) is 20. The van der Waals surface area contributed by atoms with Crippen LogP contribution in [0.2, 0.25) is 0 Å². The maximum absolute atomic E-state index is 13.6. The molecule has 0 aliphatic rings. The van der Waals surface area contributed by atoms with Crippen LogP contribution in [0.25, 0.3) is 11.2 Å². The van der Waals surface area contributed by atoms with E-state index in [4.69, 9.17) is 23.0 Å². The number of aliphatic carboxylic acids is 6. The largest absolute Gasteiger partial charge is 0.481 e. The molecule has 7 atom stereocenters. The number of benzene rings is 2. The predicted octanol–water partition coefficient (Wildman–Crippen LogP) is -2.69. The molecule has 0 aliphatic carbocycles. The van der Waals surface area contributed by atoms with Crippen molar-refractivity contribution in [3.63, 3.8) is 0 Å². The fraction of sp³-hybridized carbons (Fsp3) is 0.433. The van der Waals surface area contributed by atoms with Gasteiger partial charge in [-0.2, -0.15) is 4.98 Å². The summed E-state index contributed by atoms with van der Waals surface area (Å²) in [5.41, 5.74) is 12.7. The lowest BCUT2D eigenvalue weighted by molar-refractivity contribution is -0.143. The highest BCUT2D eigenvalue weighted by Crippen LogP contribution is 2.14. The summed E-state index contributed by atoms with van der Waals surface area (Å²) in [5, 5.41) is 83.9. The van der Waals surface area contributed by atoms with Crippen molar-refractivity contribution in [1.82, 2.24) is 73.1 Å². The number of primary amides is 1. The van der Waals surface area contributed by atoms with Gasteiger partial charge in [0.05, 0.1) is 49.8 Å². The second-order valence-corrected chi connectivity index (χ2v) is 21.9. The zero-order valence-electron chi connectivity index (χ0n) is 52.6. The van der Waals surface area contributed by atoms with Crippen molar-refractivity contribution in [3.8, 4) is 12.3 Å². The van der Waals surface area contributed by atoms with E-state index < -0.39 is 163 Å². The van der Waals surface area contributed by atoms with Crippen molar-refractivity contribution in [3.05, 3.63) is 87.5 Å². The normalized spacial score (nSPS) is 12.9. The zero-order valence-corrected chi connectivity index (χ0v) is 52.6. The first-order chi connectivity index (χ1) is 46.5. The monoisotopic (exact) mass is 1370 g/mol. The number of hydrogen-bond acceptors (Lipinski definition) is 21. The van der Waals surface area contributed by atoms with Crippen LogP contribution in [0, 0.1) is 12.3 Å². The van der Waals surface area contributed by atoms with Gasteiger partial charge in [0.1, 0.15) is 30.2 Å². The Labute approximate surface area is 556 Å². The minimum Gasteiger partial charge on any atom is -0.481 e. The summed E-state index contributed by atoms with van der Waals surface area (Å²) in [7, 11) is 0. The lowest BCUT2D eigenvalue weighted by Crippen LogP contribution is -2.57. The van der Waals surface area contributed by atoms with Gasteiger partial charge in [-0.1, -0.05) is 24.3 Å². The minimum absolute atomic E-state index is 0.000573. The lowest BCUT2D eigenvalue weighted by Gasteiger charge is -2.25. The van der Waals surface area contributed by atoms with Gasteiger partial charge >= 0.3 is 53.4 Å². The van der Waals surface area contributed by atoms with Crippen molar-refractivity contribution in [2.45, 2.75) is 145 Å². The van der Waals surface area contributed by atoms with Crippen LogP contribution in [0.15, 0.2) is 59.5 Å². The number of H-pyrrole nitrogens is 1. The van der Waals surface area contributed by atoms with Crippen LogP contribution in [0.5, 0.6) is 0 Å². The van der Waals surface area contributed by atoms with Crippen LogP contribution in [0.3, 0.4) is 0 Å². The molecule has 0 saturated carbocycles. The van der Waals surface area contributed by atoms with E-state index in [1.165, 1.54) is 30.5 Å². The van der Waals surface area contributed by atoms with E-state index in [2.05, 4.69) is 79.0 Å². The predicted molar refractivity (Wildman–Crippen MR) is 341 cm³/mol. The van der Waals surface area contributed by atoms with Gasteiger partial charge in [0.25, 0.3) is 5.91 Å². The summed E-state index contributed by atoms with van der Waals surface area (Å²) >= 11 is 0. The third kappa shape index (κ3) is 29.1. The van der Waals surface area contributed by atoms with Gasteiger partial charge in [-0.15, -0.1) is 12.3 Å². The number of aromatic amines is 1. The first-order valence-electron chi connectivity index (χ1n) is 30.3. The summed E-state index contributed by atoms with van der Waals surface area (Å²) in [4.78, 5) is 199. The molecule has 0 aliphatic heterocycles. The van der Waals surface area contributed by atoms with E-state index in [9.17, 15) is 97.5 Å². The second kappa shape index (κ2) is 40.3. The van der Waals surface area contributed by atoms with Gasteiger partial charge < -0.3 is 106 Å². The molecular weight excluding hydrogens is 1290 g/mol. The number of carbonyl (C=O) groups excluding carboxylic acids is 8. The second-order valence-electron chi connectivity index (χ2n) is 21.9. The molecule has 2 aromatic heterocycles. The van der Waals surface area contributed by atoms with Gasteiger partial charge in [0, 0.05) is 56.7 Å². The summed E-state index contributed by atoms with van der Waals surface area (Å²) in [5.74, 6) is -11.7. The molecule has 38 nitrogen and oxygen atoms in total. The maximum atomic E-state index is 13.6. The number of nitrogens with zero attached hydrogens (tertiary/aromatic N) is 3. The number of terminal acetylenes is 1. The van der Waals surface area contributed by atoms with Crippen LogP contribution in [0.4, 0.5) is 21.2 Å². The molecule has 98 heavy (non-hydrogen) atoms. The van der Waals surface area contributed by atoms with E-state index >= 15 is 0 Å². The topological polar surface area (TPSA) is 616 Å². The molecule has 2 heterocycles. The van der Waals surface area contributed by atoms with E-state index in [0.29, 0.717) is 35.3 Å². The maximum Gasteiger partial charge on any atom is 0.326 e. The van der Waals surface area contributed by atoms with Crippen LogP contribution in [-0.2, 0) is 72.3 Å². The Balaban J connectivity index is 1.17. The fourth-order valence-electron chi connectivity index (χ4n) is 9.11. The lowest BCUT2D eigenvalue weighted by atomic mass is 10.1. The number of fused-ring (bicyclic) bond motifs is 1. The number of urea groups is 2. The fourth-order valence-corrected chi connectivity index (χ4v) is 9.11. The number of anilines is 2. The van der Waals surface area contributed by atoms with Crippen LogP contribution in [0.1, 0.15) is 111 Å². The molecule has 528 valence electrons. The zero-order chi connectivity index (χ0) is 72.4. The molecule has 0 fully saturated rings. The van der Waals surface area contributed by atoms with Crippen LogP contribution < -0.4 is 75.5 Å². The summed E-state index contributed by atoms with van der Waals surface area (Å²) < 4.78 is 0. The van der Waals surface area contributed by atoms with Gasteiger partial charge in [0.2, 0.25) is 35.5 Å². The Morgan fingerprint density at radius 3 is 1.71 bits per heavy atom. The Hall–Kier alpha value is -12.0. The molecule has 0 unspecified atom stereocenters. The first-order valence-corrected chi connectivity index (χ1v) is 30.3. The Morgan fingerprint density at radius 2 is 1.12 bits per heavy atom. The number of amides is 10. The number of aromatic nitrogens is 4. The molecule has 22 N–H and O–H groups in total. The molecule has 0 spiro atoms. The number of nitrogens with two attached hydrogens (primary N) is 2. The van der Waals surface area contributed by atoms with Crippen molar-refractivity contribution in [2.24, 2.45) is 5.73 Å². The Kier molecular flexibility index (Phi) is 32.2. The standard InChI is InChI=1S/C60H77N17O21/c1-2-7-35(28-66-37(49(61)86)8-3-5-22-63-43(78)20-18-39(56(93)94)72-51(87)33-14-16-34(17-15-33)65-29-36-30-67-50-48(69-36)54(90)77-58(62)76-50)70-52(88)42(26-47(84)85)73-53(89)41(25-46(82)83)71-44(79)24-31-10-12-32(13-11-31)27-68-59(97)64-23-6-4-9-38(55(91)92)74-60(98)75-40(57(95)96)19-21-45(80)81/h1,10-17,30,35,37-42,65-66H,3-9,18-29H2,(H2,61,86)(H,63,78)(H,70,88)(H,71,79)(H,72,87)(H,73,89)(H,80,81)(H,82,83)(H,84,85)(H,91,92)(H,93,94)(H,95,96)(H2,64,68,97)(H2,74,75,98)(H3,62,67,76,77,90)/t35-,37-,38-,39-,40-,41-,42-/m0/s1. The van der Waals surface area contributed by atoms with Gasteiger partial charge in [-0.25, -0.2) is 33.9 Å². The molecule has 0 saturated heterocycles. The van der Waals surface area contributed by atoms with Gasteiger partial charge in [-0.3, -0.25) is 47.9 Å². The molecule has 0 radical (unpaired) electrons. The van der Waals surface area contributed by atoms with Crippen molar-refractivity contribution in [2.75, 3.05) is 30.7 Å². The first kappa shape index (κ1) is 78.4. The molecule has 38 heteroatoms. The summed E-state index contributed by atoms with van der Waals surface area (Å²) in [6.45, 7) is 0.122. The van der Waals surface area contributed by atoms with Crippen LogP contribution in [-0.4, -0.2) is 196 Å². The summed E-state index contributed by atoms with van der Waals surface area (Å²) in [6, 6.07) is 0.304. The number of carboxylic acid groups (broad SMARTS) is 6. The quantitative estimate of drug-likeness (QED) is 0.0158. The number of nitrogen functional groups attached to an aromatic ring is 1. The molecule has 4 rings (SSSR count). The minimum atomic E-state index is -1.84. The average molecular weight is 1370 g/mol. The molecular formula is C60H77N17O21. The highest BCUT2D eigenvalue weighted by molar-refractivity contribution is 5.98. The Bertz CT molecular complexity index is 3620. The van der Waals surface area contributed by atoms with E-state index in [1.807, 2.05) is 5.32 Å². The smallest absolute Gasteiger partial charge is 0.326 e. The van der Waals surface area contributed by atoms with E-state index in [-0.39, 0.29) is 100 Å². The van der Waals surface area contributed by atoms with Crippen molar-refractivity contribution >= 4 is 106 Å². The number of nitrogens with one attached hydrogen (secondary N) is 12. The molecule has 0 bridgehead atoms. The van der Waals surface area contributed by atoms with E-state index in [1.54, 1.807) is 24.3 Å².